The van der Waals surface area contributed by atoms with E-state index in [-0.39, 0.29) is 22.1 Å². The van der Waals surface area contributed by atoms with E-state index in [0.29, 0.717) is 28.0 Å². The van der Waals surface area contributed by atoms with Gasteiger partial charge < -0.3 is 36.1 Å². The summed E-state index contributed by atoms with van der Waals surface area (Å²) in [6.45, 7) is 0. The lowest BCUT2D eigenvalue weighted by Crippen LogP contribution is -2.34. The van der Waals surface area contributed by atoms with E-state index >= 15 is 0 Å². The molecule has 3 rings (SSSR count). The first-order chi connectivity index (χ1) is 15.5. The summed E-state index contributed by atoms with van der Waals surface area (Å²) >= 11 is 0.802. The fraction of sp³-hybridized carbons (Fsp3) is 0.150. The van der Waals surface area contributed by atoms with E-state index in [2.05, 4.69) is 0 Å². The molecule has 0 aliphatic carbocycles. The average Bonchev–Trinajstić information content (AvgIpc) is 3.27. The van der Waals surface area contributed by atoms with Gasteiger partial charge in [0.05, 0.1) is 25.6 Å². The SMILES string of the molecule is COc1cccc(-c2ccc(S(=O)(=O)NC(c3ccc(C#N)c(F)c3)P(=O)([O-])[O-])s2)c1OC.[NH4+].[NH4+]. The highest BCUT2D eigenvalue weighted by molar-refractivity contribution is 7.92. The van der Waals surface area contributed by atoms with Gasteiger partial charge in [-0.25, -0.2) is 12.8 Å². The first kappa shape index (κ1) is 30.2. The molecule has 0 aliphatic heterocycles. The van der Waals surface area contributed by atoms with Crippen LogP contribution in [0.2, 0.25) is 0 Å². The molecule has 1 heterocycles. The zero-order chi connectivity index (χ0) is 24.4. The molecule has 0 amide bonds. The van der Waals surface area contributed by atoms with Crippen molar-refractivity contribution in [1.82, 2.24) is 17.0 Å². The number of para-hydroxylation sites is 1. The van der Waals surface area contributed by atoms with Crippen LogP contribution in [0.1, 0.15) is 16.9 Å². The Morgan fingerprint density at radius 1 is 1.11 bits per heavy atom. The van der Waals surface area contributed by atoms with Crippen molar-refractivity contribution < 1.29 is 36.6 Å². The van der Waals surface area contributed by atoms with Gasteiger partial charge in [-0.1, -0.05) is 12.1 Å². The highest BCUT2D eigenvalue weighted by atomic mass is 32.2. The Bertz CT molecular complexity index is 1390. The molecule has 0 bridgehead atoms. The van der Waals surface area contributed by atoms with E-state index in [1.54, 1.807) is 24.3 Å². The molecule has 0 radical (unpaired) electrons. The molecule has 0 saturated carbocycles. The van der Waals surface area contributed by atoms with Gasteiger partial charge in [0.25, 0.3) is 10.0 Å². The van der Waals surface area contributed by atoms with Crippen LogP contribution in [-0.4, -0.2) is 22.6 Å². The number of methoxy groups -OCH3 is 2. The van der Waals surface area contributed by atoms with Gasteiger partial charge in [-0.15, -0.1) is 11.3 Å². The zero-order valence-electron chi connectivity index (χ0n) is 19.1. The Labute approximate surface area is 205 Å². The predicted molar refractivity (Wildman–Crippen MR) is 127 cm³/mol. The van der Waals surface area contributed by atoms with Crippen LogP contribution in [0, 0.1) is 17.1 Å². The average molecular weight is 547 g/mol. The number of sulfonamides is 1. The highest BCUT2D eigenvalue weighted by Gasteiger charge is 2.27. The van der Waals surface area contributed by atoms with E-state index < -0.39 is 34.8 Å². The summed E-state index contributed by atoms with van der Waals surface area (Å²) in [5, 5.41) is 8.81. The molecule has 190 valence electrons. The number of nitrogens with zero attached hydrogens (tertiary/aromatic N) is 1. The van der Waals surface area contributed by atoms with E-state index in [1.165, 1.54) is 26.4 Å². The van der Waals surface area contributed by atoms with Crippen molar-refractivity contribution in [3.8, 4) is 28.0 Å². The first-order valence-corrected chi connectivity index (χ1v) is 13.0. The lowest BCUT2D eigenvalue weighted by atomic mass is 10.1. The number of halogens is 1. The summed E-state index contributed by atoms with van der Waals surface area (Å²) in [5.41, 5.74) is -0.302. The Hall–Kier alpha value is -2.86. The molecule has 1 atom stereocenters. The molecule has 3 aromatic rings. The van der Waals surface area contributed by atoms with Crippen LogP contribution in [0.25, 0.3) is 10.4 Å². The summed E-state index contributed by atoms with van der Waals surface area (Å²) < 4.78 is 63.7. The van der Waals surface area contributed by atoms with E-state index in [1.807, 2.05) is 4.72 Å². The van der Waals surface area contributed by atoms with Gasteiger partial charge in [-0.2, -0.15) is 9.98 Å². The molecule has 0 saturated heterocycles. The molecule has 35 heavy (non-hydrogen) atoms. The van der Waals surface area contributed by atoms with Crippen LogP contribution in [0.3, 0.4) is 0 Å². The van der Waals surface area contributed by atoms with Crippen molar-refractivity contribution in [3.63, 3.8) is 0 Å². The second kappa shape index (κ2) is 11.7. The van der Waals surface area contributed by atoms with Gasteiger partial charge >= 0.3 is 0 Å². The molecule has 0 spiro atoms. The topological polar surface area (TPSA) is 225 Å². The number of nitrogens with one attached hydrogen (secondary N) is 1. The number of quaternary nitrogens is 2. The third-order valence-corrected chi connectivity index (χ3v) is 8.79. The summed E-state index contributed by atoms with van der Waals surface area (Å²) in [7, 11) is -7.23. The number of thiophene rings is 1. The standard InChI is InChI=1S/C20H18FN2O7PS2.2H3N/c1-29-16-5-3-4-14(19(16)30-2)17-8-9-18(32-17)33(27,28)23-20(31(24,25)26)12-6-7-13(11-22)15(21)10-12;;/h3-10,20,23H,1-2H3,(H2,24,25,26);2*1H3. The number of hydrogen-bond donors (Lipinski definition) is 3. The predicted octanol–water partition coefficient (Wildman–Crippen LogP) is 3.09. The molecule has 1 aromatic heterocycles. The summed E-state index contributed by atoms with van der Waals surface area (Å²) in [6, 6.07) is 11.9. The monoisotopic (exact) mass is 546 g/mol. The van der Waals surface area contributed by atoms with Gasteiger partial charge in [-0.3, -0.25) is 0 Å². The molecule has 15 heteroatoms. The molecule has 11 nitrogen and oxygen atoms in total. The van der Waals surface area contributed by atoms with Crippen LogP contribution in [0.4, 0.5) is 4.39 Å². The summed E-state index contributed by atoms with van der Waals surface area (Å²) in [6.07, 6.45) is 0. The fourth-order valence-electron chi connectivity index (χ4n) is 3.00. The van der Waals surface area contributed by atoms with Crippen molar-refractivity contribution in [1.29, 1.82) is 5.26 Å². The van der Waals surface area contributed by atoms with E-state index in [4.69, 9.17) is 14.7 Å². The third kappa shape index (κ3) is 6.43. The minimum atomic E-state index is -5.60. The van der Waals surface area contributed by atoms with Crippen molar-refractivity contribution >= 4 is 29.0 Å². The Kier molecular flexibility index (Phi) is 10.1. The second-order valence-corrected chi connectivity index (χ2v) is 11.2. The number of nitriles is 1. The largest absolute Gasteiger partial charge is 0.809 e. The van der Waals surface area contributed by atoms with E-state index in [9.17, 15) is 27.2 Å². The van der Waals surface area contributed by atoms with Crippen molar-refractivity contribution in [2.45, 2.75) is 9.99 Å². The van der Waals surface area contributed by atoms with Gasteiger partial charge in [0.2, 0.25) is 0 Å². The summed E-state index contributed by atoms with van der Waals surface area (Å²) in [4.78, 5) is 24.1. The summed E-state index contributed by atoms with van der Waals surface area (Å²) in [5.74, 6) is -2.57. The zero-order valence-corrected chi connectivity index (χ0v) is 21.7. The molecule has 0 aliphatic rings. The van der Waals surface area contributed by atoms with Crippen molar-refractivity contribution in [3.05, 3.63) is 65.5 Å². The normalized spacial score (nSPS) is 12.0. The van der Waals surface area contributed by atoms with Crippen molar-refractivity contribution in [2.24, 2.45) is 0 Å². The van der Waals surface area contributed by atoms with Gasteiger partial charge in [-0.05, 0) is 49.6 Å². The van der Waals surface area contributed by atoms with E-state index in [0.717, 1.165) is 23.5 Å². The lowest BCUT2D eigenvalue weighted by molar-refractivity contribution is -0.317. The van der Waals surface area contributed by atoms with Crippen LogP contribution in [-0.2, 0) is 14.6 Å². The maximum atomic E-state index is 14.0. The molecule has 1 unspecified atom stereocenters. The highest BCUT2D eigenvalue weighted by Crippen LogP contribution is 2.45. The first-order valence-electron chi connectivity index (χ1n) is 9.06. The molecule has 0 fully saturated rings. The van der Waals surface area contributed by atoms with Gasteiger partial charge in [0, 0.05) is 10.4 Å². The van der Waals surface area contributed by atoms with Gasteiger partial charge in [0.15, 0.2) is 11.5 Å². The Morgan fingerprint density at radius 3 is 2.34 bits per heavy atom. The lowest BCUT2D eigenvalue weighted by Gasteiger charge is -2.38. The maximum Gasteiger partial charge on any atom is 0.250 e. The molecular weight excluding hydrogens is 522 g/mol. The van der Waals surface area contributed by atoms with Crippen LogP contribution < -0.4 is 36.3 Å². The third-order valence-electron chi connectivity index (χ3n) is 4.53. The van der Waals surface area contributed by atoms with Crippen LogP contribution >= 0.6 is 18.9 Å². The molecular formula is C20H24FN4O7PS2. The molecule has 9 N–H and O–H groups in total. The second-order valence-electron chi connectivity index (χ2n) is 6.57. The number of hydrogen-bond acceptors (Lipinski definition) is 9. The van der Waals surface area contributed by atoms with Crippen LogP contribution in [0.15, 0.2) is 52.7 Å². The minimum absolute atomic E-state index is 0. The van der Waals surface area contributed by atoms with Crippen LogP contribution in [0.5, 0.6) is 11.5 Å². The fourth-order valence-corrected chi connectivity index (χ4v) is 6.87. The maximum absolute atomic E-state index is 14.0. The number of rotatable bonds is 8. The smallest absolute Gasteiger partial charge is 0.250 e. The van der Waals surface area contributed by atoms with Crippen molar-refractivity contribution in [2.75, 3.05) is 14.2 Å². The number of benzene rings is 2. The minimum Gasteiger partial charge on any atom is -0.809 e. The Morgan fingerprint density at radius 2 is 1.80 bits per heavy atom. The Balaban J connectivity index is 0.00000306. The molecule has 2 aromatic carbocycles. The quantitative estimate of drug-likeness (QED) is 0.355. The number of ether oxygens (including phenoxy) is 2. The van der Waals surface area contributed by atoms with Gasteiger partial charge in [0.1, 0.15) is 16.1 Å².